The Kier molecular flexibility index (Phi) is 4.98. The Balaban J connectivity index is 2.21. The molecule has 0 radical (unpaired) electrons. The molecule has 3 nitrogen and oxygen atoms in total. The minimum absolute atomic E-state index is 0.0896. The summed E-state index contributed by atoms with van der Waals surface area (Å²) < 4.78 is 24.9. The van der Waals surface area contributed by atoms with E-state index in [1.54, 1.807) is 24.3 Å². The molecule has 0 fully saturated rings. The van der Waals surface area contributed by atoms with E-state index < -0.39 is 9.84 Å². The average Bonchev–Trinajstić information content (AvgIpc) is 2.46. The van der Waals surface area contributed by atoms with Crippen LogP contribution in [0.3, 0.4) is 0 Å². The lowest BCUT2D eigenvalue weighted by atomic mass is 10.1. The molecule has 0 saturated carbocycles. The molecule has 0 bridgehead atoms. The van der Waals surface area contributed by atoms with Gasteiger partial charge in [0.25, 0.3) is 0 Å². The van der Waals surface area contributed by atoms with Gasteiger partial charge < -0.3 is 0 Å². The van der Waals surface area contributed by atoms with Gasteiger partial charge in [-0.1, -0.05) is 27.5 Å². The molecule has 2 aromatic carbocycles. The van der Waals surface area contributed by atoms with Crippen molar-refractivity contribution >= 4 is 43.2 Å². The predicted octanol–water partition coefficient (Wildman–Crippen LogP) is 4.27. The molecule has 0 unspecified atom stereocenters. The van der Waals surface area contributed by atoms with E-state index in [0.717, 1.165) is 16.0 Å². The first-order chi connectivity index (χ1) is 9.88. The minimum Gasteiger partial charge on any atom is -0.289 e. The third kappa shape index (κ3) is 4.27. The van der Waals surface area contributed by atoms with Gasteiger partial charge >= 0.3 is 0 Å². The van der Waals surface area contributed by atoms with Crippen molar-refractivity contribution in [2.75, 3.05) is 0 Å². The van der Waals surface area contributed by atoms with Crippen LogP contribution in [0.5, 0.6) is 0 Å². The molecule has 0 N–H and O–H groups in total. The first-order valence-corrected chi connectivity index (χ1v) is 8.59. The van der Waals surface area contributed by atoms with Gasteiger partial charge in [0.1, 0.15) is 0 Å². The fourth-order valence-electron chi connectivity index (χ4n) is 1.56. The second-order valence-corrected chi connectivity index (χ2v) is 7.36. The van der Waals surface area contributed by atoms with Gasteiger partial charge in [-0.05, 0) is 54.6 Å². The normalized spacial score (nSPS) is 11.7. The van der Waals surface area contributed by atoms with Gasteiger partial charge in [-0.15, -0.1) is 0 Å². The van der Waals surface area contributed by atoms with Crippen molar-refractivity contribution in [2.24, 2.45) is 0 Å². The van der Waals surface area contributed by atoms with E-state index in [1.165, 1.54) is 24.3 Å². The summed E-state index contributed by atoms with van der Waals surface area (Å²) in [5.41, 5.74) is 0.417. The van der Waals surface area contributed by atoms with E-state index >= 15 is 0 Å². The Bertz CT molecular complexity index is 779. The number of sulfone groups is 1. The number of carbonyl (C=O) groups is 1. The average molecular weight is 386 g/mol. The predicted molar refractivity (Wildman–Crippen MR) is 86.3 cm³/mol. The number of hydrogen-bond donors (Lipinski definition) is 0. The zero-order valence-corrected chi connectivity index (χ0v) is 13.8. The molecular weight excluding hydrogens is 376 g/mol. The molecule has 0 aliphatic rings. The van der Waals surface area contributed by atoms with Crippen LogP contribution < -0.4 is 0 Å². The van der Waals surface area contributed by atoms with Gasteiger partial charge in [-0.3, -0.25) is 4.79 Å². The fourth-order valence-corrected chi connectivity index (χ4v) is 2.93. The highest BCUT2D eigenvalue weighted by molar-refractivity contribution is 9.10. The quantitative estimate of drug-likeness (QED) is 0.583. The lowest BCUT2D eigenvalue weighted by molar-refractivity contribution is 0.104. The molecule has 2 aromatic rings. The van der Waals surface area contributed by atoms with Crippen molar-refractivity contribution in [1.82, 2.24) is 0 Å². The largest absolute Gasteiger partial charge is 0.289 e. The molecule has 0 aromatic heterocycles. The summed E-state index contributed by atoms with van der Waals surface area (Å²) in [4.78, 5) is 12.0. The maximum absolute atomic E-state index is 12.0. The van der Waals surface area contributed by atoms with Crippen molar-refractivity contribution in [3.05, 3.63) is 75.1 Å². The summed E-state index contributed by atoms with van der Waals surface area (Å²) in [6.45, 7) is 0. The van der Waals surface area contributed by atoms with E-state index in [-0.39, 0.29) is 10.7 Å². The molecular formula is C15H10BrClO3S. The summed E-state index contributed by atoms with van der Waals surface area (Å²) in [6.07, 6.45) is 1.05. The van der Waals surface area contributed by atoms with Crippen molar-refractivity contribution in [2.45, 2.75) is 4.90 Å². The minimum atomic E-state index is -3.66. The third-order valence-electron chi connectivity index (χ3n) is 2.67. The zero-order valence-electron chi connectivity index (χ0n) is 10.7. The van der Waals surface area contributed by atoms with Crippen molar-refractivity contribution in [3.63, 3.8) is 0 Å². The molecule has 0 aliphatic carbocycles. The Morgan fingerprint density at radius 2 is 1.57 bits per heavy atom. The maximum Gasteiger partial charge on any atom is 0.199 e. The molecule has 0 heterocycles. The number of ketones is 1. The highest BCUT2D eigenvalue weighted by Crippen LogP contribution is 2.17. The zero-order chi connectivity index (χ0) is 15.5. The van der Waals surface area contributed by atoms with Gasteiger partial charge in [-0.2, -0.15) is 0 Å². The van der Waals surface area contributed by atoms with Crippen molar-refractivity contribution in [3.8, 4) is 0 Å². The van der Waals surface area contributed by atoms with Crippen LogP contribution in [0.4, 0.5) is 0 Å². The fraction of sp³-hybridized carbons (Fsp3) is 0. The molecule has 0 spiro atoms. The Morgan fingerprint density at radius 1 is 1.00 bits per heavy atom. The van der Waals surface area contributed by atoms with Crippen molar-refractivity contribution < 1.29 is 13.2 Å². The van der Waals surface area contributed by atoms with Crippen LogP contribution in [0.25, 0.3) is 0 Å². The molecule has 108 valence electrons. The highest BCUT2D eigenvalue weighted by atomic mass is 79.9. The number of rotatable bonds is 4. The number of carbonyl (C=O) groups excluding carboxylic acids is 1. The lowest BCUT2D eigenvalue weighted by Crippen LogP contribution is -1.99. The summed E-state index contributed by atoms with van der Waals surface area (Å²) in [5.74, 6) is -0.375. The van der Waals surface area contributed by atoms with Crippen LogP contribution >= 0.6 is 27.5 Å². The molecule has 0 amide bonds. The molecule has 2 rings (SSSR count). The van der Waals surface area contributed by atoms with Gasteiger partial charge in [0.05, 0.1) is 4.90 Å². The lowest BCUT2D eigenvalue weighted by Gasteiger charge is -1.99. The third-order valence-corrected chi connectivity index (χ3v) is 4.87. The molecule has 6 heteroatoms. The number of benzene rings is 2. The van der Waals surface area contributed by atoms with Gasteiger partial charge in [0.2, 0.25) is 0 Å². The standard InChI is InChI=1S/C15H10BrClO3S/c16-12-3-1-11(2-4-12)15(18)9-10-21(19,20)14-7-5-13(17)6-8-14/h1-10H/b10-9+. The van der Waals surface area contributed by atoms with E-state index in [4.69, 9.17) is 11.6 Å². The first-order valence-electron chi connectivity index (χ1n) is 5.87. The van der Waals surface area contributed by atoms with Gasteiger partial charge in [-0.25, -0.2) is 8.42 Å². The monoisotopic (exact) mass is 384 g/mol. The molecule has 0 atom stereocenters. The first kappa shape index (κ1) is 15.9. The number of allylic oxidation sites excluding steroid dienone is 1. The van der Waals surface area contributed by atoms with E-state index in [0.29, 0.717) is 10.6 Å². The number of hydrogen-bond acceptors (Lipinski definition) is 3. The van der Waals surface area contributed by atoms with E-state index in [2.05, 4.69) is 15.9 Å². The van der Waals surface area contributed by atoms with Gasteiger partial charge in [0, 0.05) is 20.5 Å². The molecule has 21 heavy (non-hydrogen) atoms. The topological polar surface area (TPSA) is 51.2 Å². The highest BCUT2D eigenvalue weighted by Gasteiger charge is 2.11. The summed E-state index contributed by atoms with van der Waals surface area (Å²) in [6, 6.07) is 12.4. The summed E-state index contributed by atoms with van der Waals surface area (Å²) in [7, 11) is -3.66. The van der Waals surface area contributed by atoms with Crippen LogP contribution in [0, 0.1) is 0 Å². The van der Waals surface area contributed by atoms with Crippen LogP contribution in [-0.2, 0) is 9.84 Å². The van der Waals surface area contributed by atoms with Gasteiger partial charge in [0.15, 0.2) is 15.6 Å². The summed E-state index contributed by atoms with van der Waals surface area (Å²) in [5, 5.41) is 1.35. The van der Waals surface area contributed by atoms with Crippen LogP contribution in [0.1, 0.15) is 10.4 Å². The molecule has 0 saturated heterocycles. The van der Waals surface area contributed by atoms with Crippen molar-refractivity contribution in [1.29, 1.82) is 0 Å². The Labute approximate surface area is 136 Å². The second kappa shape index (κ2) is 6.56. The Morgan fingerprint density at radius 3 is 2.14 bits per heavy atom. The maximum atomic E-state index is 12.0. The number of halogens is 2. The van der Waals surface area contributed by atoms with E-state index in [1.807, 2.05) is 0 Å². The second-order valence-electron chi connectivity index (χ2n) is 4.17. The van der Waals surface area contributed by atoms with Crippen LogP contribution in [-0.4, -0.2) is 14.2 Å². The Hall–Kier alpha value is -1.43. The smallest absolute Gasteiger partial charge is 0.199 e. The van der Waals surface area contributed by atoms with E-state index in [9.17, 15) is 13.2 Å². The van der Waals surface area contributed by atoms with Crippen LogP contribution in [0.15, 0.2) is 69.4 Å². The van der Waals surface area contributed by atoms with Crippen LogP contribution in [0.2, 0.25) is 5.02 Å². The SMILES string of the molecule is O=C(/C=C/S(=O)(=O)c1ccc(Cl)cc1)c1ccc(Br)cc1. The molecule has 0 aliphatic heterocycles. The summed E-state index contributed by atoms with van der Waals surface area (Å²) >= 11 is 8.98.